The van der Waals surface area contributed by atoms with Crippen molar-refractivity contribution in [2.75, 3.05) is 5.73 Å². The molecule has 0 aliphatic rings. The Balaban J connectivity index is 2.24. The van der Waals surface area contributed by atoms with Gasteiger partial charge in [0.15, 0.2) is 0 Å². The van der Waals surface area contributed by atoms with Crippen molar-refractivity contribution in [1.29, 1.82) is 0 Å². The summed E-state index contributed by atoms with van der Waals surface area (Å²) in [4.78, 5) is 0.719. The molecule has 0 aromatic heterocycles. The molecule has 2 aromatic carbocycles. The molecule has 1 atom stereocenters. The Hall–Kier alpha value is -0.840. The average Bonchev–Trinajstić information content (AvgIpc) is 2.35. The zero-order chi connectivity index (χ0) is 13.1. The fraction of sp³-hybridized carbons (Fsp3) is 0.0769. The van der Waals surface area contributed by atoms with Crippen LogP contribution in [0.1, 0.15) is 5.56 Å². The molecule has 0 heterocycles. The van der Waals surface area contributed by atoms with Crippen LogP contribution >= 0.6 is 27.5 Å². The van der Waals surface area contributed by atoms with Crippen molar-refractivity contribution >= 4 is 44.0 Å². The highest BCUT2D eigenvalue weighted by molar-refractivity contribution is 9.10. The highest BCUT2D eigenvalue weighted by Crippen LogP contribution is 2.26. The van der Waals surface area contributed by atoms with E-state index in [0.717, 1.165) is 14.9 Å². The van der Waals surface area contributed by atoms with Crippen molar-refractivity contribution in [1.82, 2.24) is 0 Å². The maximum atomic E-state index is 12.2. The van der Waals surface area contributed by atoms with Crippen LogP contribution in [0.15, 0.2) is 51.8 Å². The Morgan fingerprint density at radius 1 is 1.22 bits per heavy atom. The van der Waals surface area contributed by atoms with Gasteiger partial charge in [0.05, 0.1) is 16.6 Å². The number of benzene rings is 2. The number of hydrogen-bond acceptors (Lipinski definition) is 2. The molecule has 0 radical (unpaired) electrons. The van der Waals surface area contributed by atoms with Crippen LogP contribution in [0.3, 0.4) is 0 Å². The second-order valence-electron chi connectivity index (χ2n) is 3.77. The third-order valence-electron chi connectivity index (χ3n) is 2.45. The van der Waals surface area contributed by atoms with Crippen molar-refractivity contribution in [3.05, 3.63) is 57.5 Å². The van der Waals surface area contributed by atoms with Crippen molar-refractivity contribution in [3.8, 4) is 0 Å². The second-order valence-corrected chi connectivity index (χ2v) is 6.45. The summed E-state index contributed by atoms with van der Waals surface area (Å²) in [6, 6.07) is 12.6. The van der Waals surface area contributed by atoms with E-state index in [4.69, 9.17) is 17.3 Å². The van der Waals surface area contributed by atoms with Crippen molar-refractivity contribution in [3.63, 3.8) is 0 Å². The Morgan fingerprint density at radius 3 is 2.67 bits per heavy atom. The smallest absolute Gasteiger partial charge is 0.0575 e. The van der Waals surface area contributed by atoms with Crippen molar-refractivity contribution < 1.29 is 4.21 Å². The van der Waals surface area contributed by atoms with Crippen molar-refractivity contribution in [2.45, 2.75) is 10.6 Å². The number of hydrogen-bond donors (Lipinski definition) is 1. The maximum Gasteiger partial charge on any atom is 0.0575 e. The Bertz CT molecular complexity index is 603. The third kappa shape index (κ3) is 3.13. The summed E-state index contributed by atoms with van der Waals surface area (Å²) in [6.45, 7) is 0. The zero-order valence-electron chi connectivity index (χ0n) is 9.40. The van der Waals surface area contributed by atoms with E-state index in [1.807, 2.05) is 18.2 Å². The van der Waals surface area contributed by atoms with E-state index in [1.165, 1.54) is 0 Å². The van der Waals surface area contributed by atoms with E-state index in [-0.39, 0.29) is 0 Å². The van der Waals surface area contributed by atoms with Crippen LogP contribution in [0, 0.1) is 0 Å². The molecule has 2 N–H and O–H groups in total. The summed E-state index contributed by atoms with van der Waals surface area (Å²) >= 11 is 9.29. The third-order valence-corrected chi connectivity index (χ3v) is 5.01. The predicted octanol–water partition coefficient (Wildman–Crippen LogP) is 3.99. The summed E-state index contributed by atoms with van der Waals surface area (Å²) in [5, 5.41) is 0.590. The highest BCUT2D eigenvalue weighted by Gasteiger charge is 2.09. The molecule has 0 bridgehead atoms. The molecule has 18 heavy (non-hydrogen) atoms. The molecular formula is C13H11BrClNOS. The summed E-state index contributed by atoms with van der Waals surface area (Å²) in [7, 11) is -1.13. The van der Waals surface area contributed by atoms with Gasteiger partial charge < -0.3 is 5.73 Å². The van der Waals surface area contributed by atoms with Gasteiger partial charge in [0, 0.05) is 20.1 Å². The lowest BCUT2D eigenvalue weighted by atomic mass is 10.2. The number of rotatable bonds is 3. The molecule has 0 aliphatic carbocycles. The van der Waals surface area contributed by atoms with E-state index < -0.39 is 10.8 Å². The van der Waals surface area contributed by atoms with Crippen molar-refractivity contribution in [2.24, 2.45) is 0 Å². The van der Waals surface area contributed by atoms with Gasteiger partial charge in [0.2, 0.25) is 0 Å². The first-order chi connectivity index (χ1) is 8.58. The minimum Gasteiger partial charge on any atom is -0.398 e. The van der Waals surface area contributed by atoms with Gasteiger partial charge >= 0.3 is 0 Å². The highest BCUT2D eigenvalue weighted by atomic mass is 79.9. The normalized spacial score (nSPS) is 12.3. The molecule has 94 valence electrons. The van der Waals surface area contributed by atoms with E-state index in [0.29, 0.717) is 16.5 Å². The molecule has 2 aromatic rings. The van der Waals surface area contributed by atoms with Gasteiger partial charge in [-0.2, -0.15) is 0 Å². The molecule has 2 nitrogen and oxygen atoms in total. The van der Waals surface area contributed by atoms with E-state index in [9.17, 15) is 4.21 Å². The topological polar surface area (TPSA) is 43.1 Å². The number of nitrogen functional groups attached to an aromatic ring is 1. The second kappa shape index (κ2) is 5.87. The van der Waals surface area contributed by atoms with Gasteiger partial charge in [-0.05, 0) is 45.8 Å². The Kier molecular flexibility index (Phi) is 4.43. The lowest BCUT2D eigenvalue weighted by Gasteiger charge is -2.07. The summed E-state index contributed by atoms with van der Waals surface area (Å²) in [5.74, 6) is 0.409. The minimum absolute atomic E-state index is 0.409. The van der Waals surface area contributed by atoms with Gasteiger partial charge in [-0.3, -0.25) is 4.21 Å². The van der Waals surface area contributed by atoms with Gasteiger partial charge in [-0.1, -0.05) is 29.8 Å². The van der Waals surface area contributed by atoms with Crippen LogP contribution in [0.2, 0.25) is 5.02 Å². The molecule has 1 unspecified atom stereocenters. The largest absolute Gasteiger partial charge is 0.398 e. The zero-order valence-corrected chi connectivity index (χ0v) is 12.6. The monoisotopic (exact) mass is 343 g/mol. The summed E-state index contributed by atoms with van der Waals surface area (Å²) in [6.07, 6.45) is 0. The average molecular weight is 345 g/mol. The lowest BCUT2D eigenvalue weighted by Crippen LogP contribution is -1.99. The van der Waals surface area contributed by atoms with Crippen LogP contribution < -0.4 is 5.73 Å². The van der Waals surface area contributed by atoms with Crippen LogP contribution in [0.5, 0.6) is 0 Å². The molecule has 0 spiro atoms. The van der Waals surface area contributed by atoms with Gasteiger partial charge in [0.25, 0.3) is 0 Å². The number of anilines is 1. The van der Waals surface area contributed by atoms with Crippen LogP contribution in [-0.2, 0) is 16.6 Å². The first-order valence-corrected chi connectivity index (χ1v) is 7.73. The molecule has 0 aliphatic heterocycles. The van der Waals surface area contributed by atoms with Crippen LogP contribution in [-0.4, -0.2) is 4.21 Å². The molecule has 5 heteroatoms. The number of halogens is 2. The fourth-order valence-electron chi connectivity index (χ4n) is 1.54. The van der Waals surface area contributed by atoms with Crippen LogP contribution in [0.4, 0.5) is 5.69 Å². The molecule has 2 rings (SSSR count). The van der Waals surface area contributed by atoms with E-state index in [1.54, 1.807) is 24.3 Å². The Labute approximate surface area is 122 Å². The van der Waals surface area contributed by atoms with Gasteiger partial charge in [-0.15, -0.1) is 0 Å². The molecule has 0 saturated carbocycles. The molecular weight excluding hydrogens is 334 g/mol. The number of nitrogens with two attached hydrogens (primary N) is 1. The maximum absolute atomic E-state index is 12.2. The predicted molar refractivity (Wildman–Crippen MR) is 80.1 cm³/mol. The first kappa shape index (κ1) is 13.6. The quantitative estimate of drug-likeness (QED) is 0.855. The molecule has 0 saturated heterocycles. The summed E-state index contributed by atoms with van der Waals surface area (Å²) in [5.41, 5.74) is 7.37. The summed E-state index contributed by atoms with van der Waals surface area (Å²) < 4.78 is 13.0. The SMILES string of the molecule is Nc1cccc(CS(=O)c2cccc(Cl)c2)c1Br. The van der Waals surface area contributed by atoms with E-state index >= 15 is 0 Å². The fourth-order valence-corrected chi connectivity index (χ4v) is 3.57. The first-order valence-electron chi connectivity index (χ1n) is 5.25. The Morgan fingerprint density at radius 2 is 1.94 bits per heavy atom. The van der Waals surface area contributed by atoms with Gasteiger partial charge in [0.1, 0.15) is 0 Å². The van der Waals surface area contributed by atoms with Crippen LogP contribution in [0.25, 0.3) is 0 Å². The van der Waals surface area contributed by atoms with E-state index in [2.05, 4.69) is 15.9 Å². The molecule has 0 fully saturated rings. The lowest BCUT2D eigenvalue weighted by molar-refractivity contribution is 0.682. The minimum atomic E-state index is -1.13. The standard InChI is InChI=1S/C13H11BrClNOS/c14-13-9(3-1-6-12(13)16)8-18(17)11-5-2-4-10(15)7-11/h1-7H,8,16H2. The van der Waals surface area contributed by atoms with Gasteiger partial charge in [-0.25, -0.2) is 0 Å². The molecule has 0 amide bonds.